The van der Waals surface area contributed by atoms with E-state index in [0.717, 1.165) is 18.4 Å². The van der Waals surface area contributed by atoms with Gasteiger partial charge in [-0.25, -0.2) is 0 Å². The number of benzene rings is 1. The summed E-state index contributed by atoms with van der Waals surface area (Å²) in [5, 5.41) is 19.2. The number of carbonyl (C=O) groups is 1. The molecule has 5 heteroatoms. The second-order valence-corrected chi connectivity index (χ2v) is 6.68. The van der Waals surface area contributed by atoms with E-state index in [2.05, 4.69) is 24.3 Å². The van der Waals surface area contributed by atoms with Crippen LogP contribution in [0, 0.1) is 11.3 Å². The van der Waals surface area contributed by atoms with Crippen molar-refractivity contribution in [3.05, 3.63) is 41.5 Å². The third-order valence-electron chi connectivity index (χ3n) is 5.24. The topological polar surface area (TPSA) is 73.6 Å². The van der Waals surface area contributed by atoms with Gasteiger partial charge in [-0.2, -0.15) is 5.26 Å². The average molecular weight is 340 g/mol. The molecule has 1 N–H and O–H groups in total. The van der Waals surface area contributed by atoms with E-state index in [1.807, 2.05) is 12.1 Å². The molecule has 1 saturated heterocycles. The Morgan fingerprint density at radius 3 is 2.68 bits per heavy atom. The Bertz CT molecular complexity index is 690. The standard InChI is InChI=1S/C20H24N2O3/c1-25-13-19(24)22-17(11-21)20(18(22)12-23)16-9-7-15(8-10-16)14-5-3-2-4-6-14/h5,7-10,17-18,20,23H,2-4,6,12-13H2,1H3/t17-,18+,20-/m0/s1. The molecule has 2 aliphatic rings. The van der Waals surface area contributed by atoms with Crippen LogP contribution in [-0.2, 0) is 9.53 Å². The first-order valence-corrected chi connectivity index (χ1v) is 8.81. The molecule has 1 aromatic carbocycles. The molecule has 3 rings (SSSR count). The summed E-state index contributed by atoms with van der Waals surface area (Å²) in [6, 6.07) is 9.53. The number of hydrogen-bond donors (Lipinski definition) is 1. The highest BCUT2D eigenvalue weighted by Crippen LogP contribution is 2.41. The SMILES string of the molecule is COCC(=O)N1[C@H](CO)[C@@H](c2ccc(C3=CCCCC3)cc2)[C@@H]1C#N. The fourth-order valence-corrected chi connectivity index (χ4v) is 3.97. The van der Waals surface area contributed by atoms with Crippen molar-refractivity contribution in [2.45, 2.75) is 43.7 Å². The Kier molecular flexibility index (Phi) is 5.52. The van der Waals surface area contributed by atoms with Gasteiger partial charge in [-0.1, -0.05) is 30.3 Å². The predicted octanol–water partition coefficient (Wildman–Crippen LogP) is 2.47. The Balaban J connectivity index is 1.79. The van der Waals surface area contributed by atoms with E-state index in [-0.39, 0.29) is 31.1 Å². The van der Waals surface area contributed by atoms with Crippen molar-refractivity contribution in [3.63, 3.8) is 0 Å². The molecular formula is C20H24N2O3. The number of likely N-dealkylation sites (tertiary alicyclic amines) is 1. The zero-order chi connectivity index (χ0) is 17.8. The second kappa shape index (κ2) is 7.81. The van der Waals surface area contributed by atoms with Gasteiger partial charge in [-0.05, 0) is 42.4 Å². The van der Waals surface area contributed by atoms with Gasteiger partial charge in [0, 0.05) is 13.0 Å². The van der Waals surface area contributed by atoms with Gasteiger partial charge in [-0.15, -0.1) is 0 Å². The summed E-state index contributed by atoms with van der Waals surface area (Å²) in [5.41, 5.74) is 3.61. The lowest BCUT2D eigenvalue weighted by Crippen LogP contribution is -2.65. The van der Waals surface area contributed by atoms with Gasteiger partial charge in [0.1, 0.15) is 12.6 Å². The molecule has 0 spiro atoms. The average Bonchev–Trinajstić information content (AvgIpc) is 2.63. The molecule has 1 amide bonds. The third-order valence-corrected chi connectivity index (χ3v) is 5.24. The Morgan fingerprint density at radius 1 is 1.36 bits per heavy atom. The number of allylic oxidation sites excluding steroid dienone is 2. The number of amides is 1. The molecule has 3 atom stereocenters. The number of methoxy groups -OCH3 is 1. The minimum absolute atomic E-state index is 0.0749. The van der Waals surface area contributed by atoms with Crippen LogP contribution in [0.25, 0.3) is 5.57 Å². The van der Waals surface area contributed by atoms with Gasteiger partial charge in [0.25, 0.3) is 0 Å². The van der Waals surface area contributed by atoms with Gasteiger partial charge in [0.2, 0.25) is 5.91 Å². The third kappa shape index (κ3) is 3.33. The molecule has 1 aromatic rings. The summed E-state index contributed by atoms with van der Waals surface area (Å²) in [5.74, 6) is -0.418. The minimum atomic E-state index is -0.556. The van der Waals surface area contributed by atoms with Crippen LogP contribution >= 0.6 is 0 Å². The van der Waals surface area contributed by atoms with E-state index in [9.17, 15) is 15.2 Å². The van der Waals surface area contributed by atoms with Crippen LogP contribution in [0.1, 0.15) is 42.7 Å². The number of carbonyl (C=O) groups excluding carboxylic acids is 1. The lowest BCUT2D eigenvalue weighted by atomic mass is 9.75. The zero-order valence-corrected chi connectivity index (χ0v) is 14.5. The number of nitriles is 1. The summed E-state index contributed by atoms with van der Waals surface area (Å²) < 4.78 is 4.88. The molecule has 25 heavy (non-hydrogen) atoms. The van der Waals surface area contributed by atoms with Crippen molar-refractivity contribution in [2.75, 3.05) is 20.3 Å². The monoisotopic (exact) mass is 340 g/mol. The predicted molar refractivity (Wildman–Crippen MR) is 94.6 cm³/mol. The fraction of sp³-hybridized carbons (Fsp3) is 0.500. The van der Waals surface area contributed by atoms with Gasteiger partial charge in [0.15, 0.2) is 0 Å². The Hall–Kier alpha value is -2.16. The maximum Gasteiger partial charge on any atom is 0.249 e. The molecule has 1 aliphatic heterocycles. The molecule has 0 unspecified atom stereocenters. The van der Waals surface area contributed by atoms with Crippen LogP contribution in [0.5, 0.6) is 0 Å². The van der Waals surface area contributed by atoms with Crippen molar-refractivity contribution in [3.8, 4) is 6.07 Å². The number of hydrogen-bond acceptors (Lipinski definition) is 4. The van der Waals surface area contributed by atoms with Crippen LogP contribution in [0.2, 0.25) is 0 Å². The highest BCUT2D eigenvalue weighted by Gasteiger charge is 2.51. The largest absolute Gasteiger partial charge is 0.394 e. The van der Waals surface area contributed by atoms with Gasteiger partial charge >= 0.3 is 0 Å². The summed E-state index contributed by atoms with van der Waals surface area (Å²) >= 11 is 0. The fourth-order valence-electron chi connectivity index (χ4n) is 3.97. The summed E-state index contributed by atoms with van der Waals surface area (Å²) in [6.07, 6.45) is 7.05. The van der Waals surface area contributed by atoms with Gasteiger partial charge in [0.05, 0.1) is 18.7 Å². The molecule has 1 aliphatic carbocycles. The zero-order valence-electron chi connectivity index (χ0n) is 14.5. The van der Waals surface area contributed by atoms with Crippen LogP contribution in [0.15, 0.2) is 30.3 Å². The van der Waals surface area contributed by atoms with E-state index >= 15 is 0 Å². The van der Waals surface area contributed by atoms with Gasteiger partial charge < -0.3 is 14.7 Å². The van der Waals surface area contributed by atoms with Crippen molar-refractivity contribution in [1.29, 1.82) is 5.26 Å². The quantitative estimate of drug-likeness (QED) is 0.894. The smallest absolute Gasteiger partial charge is 0.249 e. The molecule has 0 radical (unpaired) electrons. The van der Waals surface area contributed by atoms with Gasteiger partial charge in [-0.3, -0.25) is 4.79 Å². The van der Waals surface area contributed by atoms with Crippen LogP contribution < -0.4 is 0 Å². The van der Waals surface area contributed by atoms with Crippen molar-refractivity contribution in [1.82, 2.24) is 4.90 Å². The van der Waals surface area contributed by atoms with Crippen LogP contribution in [0.3, 0.4) is 0 Å². The van der Waals surface area contributed by atoms with Crippen LogP contribution in [-0.4, -0.2) is 48.3 Å². The summed E-state index contributed by atoms with van der Waals surface area (Å²) in [6.45, 7) is -0.236. The molecule has 1 fully saturated rings. The Labute approximate surface area is 148 Å². The summed E-state index contributed by atoms with van der Waals surface area (Å²) in [7, 11) is 1.45. The maximum absolute atomic E-state index is 12.1. The van der Waals surface area contributed by atoms with E-state index < -0.39 is 6.04 Å². The molecule has 0 bridgehead atoms. The molecule has 0 saturated carbocycles. The van der Waals surface area contributed by atoms with E-state index in [4.69, 9.17) is 4.74 Å². The normalized spacial score (nSPS) is 25.7. The molecule has 132 valence electrons. The van der Waals surface area contributed by atoms with Crippen molar-refractivity contribution < 1.29 is 14.6 Å². The van der Waals surface area contributed by atoms with E-state index in [0.29, 0.717) is 0 Å². The molecule has 1 heterocycles. The molecular weight excluding hydrogens is 316 g/mol. The minimum Gasteiger partial charge on any atom is -0.394 e. The lowest BCUT2D eigenvalue weighted by molar-refractivity contribution is -0.150. The number of aliphatic hydroxyl groups excluding tert-OH is 1. The number of ether oxygens (including phenoxy) is 1. The van der Waals surface area contributed by atoms with Crippen molar-refractivity contribution in [2.24, 2.45) is 0 Å². The number of rotatable bonds is 5. The highest BCUT2D eigenvalue weighted by molar-refractivity contribution is 5.80. The summed E-state index contributed by atoms with van der Waals surface area (Å²) in [4.78, 5) is 13.6. The first kappa shape index (κ1) is 17.7. The molecule has 0 aromatic heterocycles. The first-order chi connectivity index (χ1) is 12.2. The van der Waals surface area contributed by atoms with Crippen molar-refractivity contribution >= 4 is 11.5 Å². The maximum atomic E-state index is 12.1. The highest BCUT2D eigenvalue weighted by atomic mass is 16.5. The number of nitrogens with zero attached hydrogens (tertiary/aromatic N) is 2. The van der Waals surface area contributed by atoms with E-state index in [1.165, 1.54) is 36.0 Å². The lowest BCUT2D eigenvalue weighted by Gasteiger charge is -2.51. The number of aliphatic hydroxyl groups is 1. The van der Waals surface area contributed by atoms with E-state index in [1.54, 1.807) is 0 Å². The first-order valence-electron chi connectivity index (χ1n) is 8.81. The molecule has 5 nitrogen and oxygen atoms in total. The second-order valence-electron chi connectivity index (χ2n) is 6.68. The Morgan fingerprint density at radius 2 is 2.12 bits per heavy atom. The van der Waals surface area contributed by atoms with Crippen LogP contribution in [0.4, 0.5) is 0 Å².